The van der Waals surface area contributed by atoms with Crippen LogP contribution in [0.15, 0.2) is 24.4 Å². The minimum absolute atomic E-state index is 0.143. The fraction of sp³-hybridized carbons (Fsp3) is 0.273. The molecular formula is C11H11NOS. The van der Waals surface area contributed by atoms with Crippen molar-refractivity contribution in [3.8, 4) is 11.8 Å². The molecule has 0 bridgehead atoms. The van der Waals surface area contributed by atoms with Gasteiger partial charge in [0, 0.05) is 25.3 Å². The Kier molecular flexibility index (Phi) is 4.81. The van der Waals surface area contributed by atoms with E-state index >= 15 is 0 Å². The van der Waals surface area contributed by atoms with Gasteiger partial charge in [0.25, 0.3) is 0 Å². The normalized spacial score (nSPS) is 8.93. The molecular weight excluding hydrogens is 194 g/mol. The summed E-state index contributed by atoms with van der Waals surface area (Å²) in [6.45, 7) is 1.57. The second-order valence-electron chi connectivity index (χ2n) is 2.61. The molecule has 0 fully saturated rings. The molecule has 0 atom stereocenters. The van der Waals surface area contributed by atoms with E-state index in [9.17, 15) is 4.79 Å². The van der Waals surface area contributed by atoms with Crippen LogP contribution in [0.3, 0.4) is 0 Å². The molecule has 1 aromatic rings. The zero-order valence-electron chi connectivity index (χ0n) is 7.99. The van der Waals surface area contributed by atoms with E-state index in [2.05, 4.69) is 16.8 Å². The van der Waals surface area contributed by atoms with Crippen LogP contribution in [-0.2, 0) is 4.79 Å². The van der Waals surface area contributed by atoms with Gasteiger partial charge in [-0.2, -0.15) is 0 Å². The number of nitrogens with zero attached hydrogens (tertiary/aromatic N) is 1. The largest absolute Gasteiger partial charge is 0.288 e. The van der Waals surface area contributed by atoms with Crippen molar-refractivity contribution < 1.29 is 4.79 Å². The third-order valence-electron chi connectivity index (χ3n) is 1.41. The zero-order chi connectivity index (χ0) is 10.2. The summed E-state index contributed by atoms with van der Waals surface area (Å²) < 4.78 is 0. The van der Waals surface area contributed by atoms with E-state index < -0.39 is 0 Å². The Labute approximate surface area is 88.1 Å². The lowest BCUT2D eigenvalue weighted by atomic mass is 10.3. The number of hydrogen-bond donors (Lipinski definition) is 0. The van der Waals surface area contributed by atoms with Crippen molar-refractivity contribution in [2.24, 2.45) is 0 Å². The molecule has 0 amide bonds. The molecule has 2 nitrogen and oxygen atoms in total. The van der Waals surface area contributed by atoms with Gasteiger partial charge in [0.15, 0.2) is 5.12 Å². The van der Waals surface area contributed by atoms with Gasteiger partial charge in [-0.3, -0.25) is 4.79 Å². The van der Waals surface area contributed by atoms with E-state index in [4.69, 9.17) is 0 Å². The van der Waals surface area contributed by atoms with Gasteiger partial charge >= 0.3 is 0 Å². The lowest BCUT2D eigenvalue weighted by molar-refractivity contribution is -0.109. The Balaban J connectivity index is 2.31. The average molecular weight is 205 g/mol. The average Bonchev–Trinajstić information content (AvgIpc) is 2.18. The summed E-state index contributed by atoms with van der Waals surface area (Å²) >= 11 is 1.30. The van der Waals surface area contributed by atoms with Crippen LogP contribution in [0, 0.1) is 11.8 Å². The molecule has 0 aliphatic carbocycles. The molecule has 0 saturated carbocycles. The van der Waals surface area contributed by atoms with Crippen LogP contribution in [0.5, 0.6) is 0 Å². The molecule has 1 heterocycles. The topological polar surface area (TPSA) is 30.0 Å². The molecule has 0 N–H and O–H groups in total. The van der Waals surface area contributed by atoms with Crippen molar-refractivity contribution in [3.63, 3.8) is 0 Å². The van der Waals surface area contributed by atoms with Crippen molar-refractivity contribution in [2.75, 3.05) is 5.75 Å². The van der Waals surface area contributed by atoms with Crippen LogP contribution >= 0.6 is 11.8 Å². The van der Waals surface area contributed by atoms with E-state index in [0.717, 1.165) is 17.9 Å². The van der Waals surface area contributed by atoms with Crippen LogP contribution in [0.4, 0.5) is 0 Å². The van der Waals surface area contributed by atoms with E-state index in [0.29, 0.717) is 0 Å². The number of carbonyl (C=O) groups is 1. The maximum atomic E-state index is 10.6. The first-order valence-corrected chi connectivity index (χ1v) is 5.31. The number of carbonyl (C=O) groups excluding carboxylic acids is 1. The van der Waals surface area contributed by atoms with E-state index in [1.165, 1.54) is 11.8 Å². The van der Waals surface area contributed by atoms with Gasteiger partial charge in [-0.1, -0.05) is 23.7 Å². The quantitative estimate of drug-likeness (QED) is 0.547. The van der Waals surface area contributed by atoms with Gasteiger partial charge in [0.2, 0.25) is 0 Å². The highest BCUT2D eigenvalue weighted by molar-refractivity contribution is 8.13. The molecule has 0 saturated heterocycles. The summed E-state index contributed by atoms with van der Waals surface area (Å²) in [5.41, 5.74) is 0.778. The van der Waals surface area contributed by atoms with Crippen molar-refractivity contribution in [1.82, 2.24) is 4.98 Å². The van der Waals surface area contributed by atoms with Gasteiger partial charge in [0.05, 0.1) is 0 Å². The molecule has 1 rings (SSSR count). The lowest BCUT2D eigenvalue weighted by Crippen LogP contribution is -1.84. The first-order chi connectivity index (χ1) is 6.79. The summed E-state index contributed by atoms with van der Waals surface area (Å²) in [5.74, 6) is 6.66. The zero-order valence-corrected chi connectivity index (χ0v) is 8.80. The first kappa shape index (κ1) is 10.8. The van der Waals surface area contributed by atoms with Crippen LogP contribution < -0.4 is 0 Å². The number of hydrogen-bond acceptors (Lipinski definition) is 3. The second kappa shape index (κ2) is 6.22. The SMILES string of the molecule is CC(=O)SCCC#Cc1ccccn1. The van der Waals surface area contributed by atoms with Gasteiger partial charge in [-0.05, 0) is 18.1 Å². The Hall–Kier alpha value is -1.27. The third-order valence-corrected chi connectivity index (χ3v) is 2.23. The first-order valence-electron chi connectivity index (χ1n) is 4.32. The lowest BCUT2D eigenvalue weighted by Gasteiger charge is -1.89. The monoisotopic (exact) mass is 205 g/mol. The predicted octanol–water partition coefficient (Wildman–Crippen LogP) is 2.10. The maximum absolute atomic E-state index is 10.6. The van der Waals surface area contributed by atoms with Gasteiger partial charge in [-0.15, -0.1) is 0 Å². The molecule has 0 aliphatic heterocycles. The third kappa shape index (κ3) is 4.68. The van der Waals surface area contributed by atoms with Crippen LogP contribution in [0.25, 0.3) is 0 Å². The van der Waals surface area contributed by atoms with Crippen LogP contribution in [0.2, 0.25) is 0 Å². The molecule has 0 aromatic carbocycles. The molecule has 1 aromatic heterocycles. The molecule has 0 unspecified atom stereocenters. The fourth-order valence-corrected chi connectivity index (χ4v) is 1.33. The van der Waals surface area contributed by atoms with Crippen molar-refractivity contribution in [1.29, 1.82) is 0 Å². The molecule has 72 valence electrons. The summed E-state index contributed by atoms with van der Waals surface area (Å²) in [4.78, 5) is 14.6. The van der Waals surface area contributed by atoms with Crippen molar-refractivity contribution >= 4 is 16.9 Å². The highest BCUT2D eigenvalue weighted by atomic mass is 32.2. The van der Waals surface area contributed by atoms with Gasteiger partial charge in [-0.25, -0.2) is 4.98 Å². The minimum Gasteiger partial charge on any atom is -0.288 e. The number of pyridine rings is 1. The van der Waals surface area contributed by atoms with Gasteiger partial charge < -0.3 is 0 Å². The number of aromatic nitrogens is 1. The Morgan fingerprint density at radius 2 is 2.43 bits per heavy atom. The number of rotatable bonds is 2. The highest BCUT2D eigenvalue weighted by Crippen LogP contribution is 2.01. The standard InChI is InChI=1S/C11H11NOS/c1-10(13)14-9-5-3-7-11-6-2-4-8-12-11/h2,4,6,8H,5,9H2,1H3. The van der Waals surface area contributed by atoms with E-state index in [-0.39, 0.29) is 5.12 Å². The summed E-state index contributed by atoms with van der Waals surface area (Å²) in [7, 11) is 0. The molecule has 0 radical (unpaired) electrons. The second-order valence-corrected chi connectivity index (χ2v) is 3.88. The minimum atomic E-state index is 0.143. The Morgan fingerprint density at radius 3 is 3.07 bits per heavy atom. The van der Waals surface area contributed by atoms with Gasteiger partial charge in [0.1, 0.15) is 5.69 Å². The van der Waals surface area contributed by atoms with Crippen molar-refractivity contribution in [2.45, 2.75) is 13.3 Å². The molecule has 0 aliphatic rings. The summed E-state index contributed by atoms with van der Waals surface area (Å²) in [6.07, 6.45) is 2.44. The fourth-order valence-electron chi connectivity index (χ4n) is 0.836. The van der Waals surface area contributed by atoms with E-state index in [1.807, 2.05) is 18.2 Å². The summed E-state index contributed by atoms with van der Waals surface area (Å²) in [5, 5.41) is 0.143. The maximum Gasteiger partial charge on any atom is 0.185 e. The molecule has 0 spiro atoms. The molecule has 3 heteroatoms. The summed E-state index contributed by atoms with van der Waals surface area (Å²) in [6, 6.07) is 5.63. The smallest absolute Gasteiger partial charge is 0.185 e. The van der Waals surface area contributed by atoms with E-state index in [1.54, 1.807) is 13.1 Å². The predicted molar refractivity (Wildman–Crippen MR) is 58.9 cm³/mol. The Bertz CT molecular complexity index is 351. The number of thioether (sulfide) groups is 1. The van der Waals surface area contributed by atoms with Crippen LogP contribution in [-0.4, -0.2) is 15.9 Å². The van der Waals surface area contributed by atoms with Crippen LogP contribution in [0.1, 0.15) is 19.0 Å². The van der Waals surface area contributed by atoms with Crippen molar-refractivity contribution in [3.05, 3.63) is 30.1 Å². The highest BCUT2D eigenvalue weighted by Gasteiger charge is 1.90. The Morgan fingerprint density at radius 1 is 1.57 bits per heavy atom. The molecule has 14 heavy (non-hydrogen) atoms.